The van der Waals surface area contributed by atoms with Crippen molar-refractivity contribution in [2.45, 2.75) is 0 Å². The summed E-state index contributed by atoms with van der Waals surface area (Å²) in [5.74, 6) is 0.482. The van der Waals surface area contributed by atoms with Gasteiger partial charge in [-0.3, -0.25) is 9.89 Å². The molecule has 9 nitrogen and oxygen atoms in total. The molecule has 21 heavy (non-hydrogen) atoms. The van der Waals surface area contributed by atoms with Gasteiger partial charge in [0.05, 0.1) is 20.4 Å². The fraction of sp³-hybridized carbons (Fsp3) is 0.167. The number of methoxy groups -OCH3 is 2. The van der Waals surface area contributed by atoms with E-state index in [1.807, 2.05) is 0 Å². The molecule has 0 radical (unpaired) electrons. The van der Waals surface area contributed by atoms with Crippen molar-refractivity contribution in [2.24, 2.45) is 5.10 Å². The summed E-state index contributed by atoms with van der Waals surface area (Å²) < 4.78 is 10.4. The van der Waals surface area contributed by atoms with Crippen molar-refractivity contribution in [3.63, 3.8) is 0 Å². The third-order valence-corrected chi connectivity index (χ3v) is 2.52. The molecule has 1 amide bonds. The van der Waals surface area contributed by atoms with Crippen molar-refractivity contribution in [1.29, 1.82) is 0 Å². The zero-order valence-corrected chi connectivity index (χ0v) is 11.5. The van der Waals surface area contributed by atoms with E-state index in [9.17, 15) is 4.79 Å². The summed E-state index contributed by atoms with van der Waals surface area (Å²) in [4.78, 5) is 15.3. The number of para-hydroxylation sites is 1. The lowest BCUT2D eigenvalue weighted by molar-refractivity contribution is 0.0945. The van der Waals surface area contributed by atoms with E-state index in [1.54, 1.807) is 18.2 Å². The molecule has 0 spiro atoms. The first-order valence-corrected chi connectivity index (χ1v) is 5.88. The molecule has 0 aliphatic carbocycles. The van der Waals surface area contributed by atoms with Gasteiger partial charge < -0.3 is 15.2 Å². The molecular weight excluding hydrogens is 276 g/mol. The minimum absolute atomic E-state index is 0.0152. The quantitative estimate of drug-likeness (QED) is 0.532. The second kappa shape index (κ2) is 6.37. The highest BCUT2D eigenvalue weighted by atomic mass is 16.5. The Kier molecular flexibility index (Phi) is 4.34. The van der Waals surface area contributed by atoms with Crippen LogP contribution in [-0.4, -0.2) is 41.5 Å². The Labute approximate surface area is 120 Å². The Morgan fingerprint density at radius 1 is 1.43 bits per heavy atom. The van der Waals surface area contributed by atoms with Crippen LogP contribution >= 0.6 is 0 Å². The molecule has 2 rings (SSSR count). The predicted molar refractivity (Wildman–Crippen MR) is 75.4 cm³/mol. The average Bonchev–Trinajstić information content (AvgIpc) is 2.93. The predicted octanol–water partition coefficient (Wildman–Crippen LogP) is 0.168. The molecule has 0 fully saturated rings. The van der Waals surface area contributed by atoms with Gasteiger partial charge >= 0.3 is 5.91 Å². The van der Waals surface area contributed by atoms with Gasteiger partial charge in [0.25, 0.3) is 0 Å². The van der Waals surface area contributed by atoms with Crippen LogP contribution in [0.5, 0.6) is 11.5 Å². The highest BCUT2D eigenvalue weighted by Gasteiger charge is 2.10. The van der Waals surface area contributed by atoms with Gasteiger partial charge in [0.2, 0.25) is 11.8 Å². The van der Waals surface area contributed by atoms with Crippen molar-refractivity contribution in [2.75, 3.05) is 20.0 Å². The molecule has 0 bridgehead atoms. The van der Waals surface area contributed by atoms with E-state index in [-0.39, 0.29) is 11.8 Å². The summed E-state index contributed by atoms with van der Waals surface area (Å²) in [6, 6.07) is 5.30. The SMILES string of the molecule is COc1cccc(C=NNC(=O)c2nc(N)n[nH]2)c1OC. The number of nitrogens with one attached hydrogen (secondary N) is 2. The van der Waals surface area contributed by atoms with Crippen molar-refractivity contribution >= 4 is 18.1 Å². The van der Waals surface area contributed by atoms with Crippen molar-refractivity contribution in [3.8, 4) is 11.5 Å². The first kappa shape index (κ1) is 14.3. The molecule has 4 N–H and O–H groups in total. The lowest BCUT2D eigenvalue weighted by atomic mass is 10.2. The molecule has 110 valence electrons. The third-order valence-electron chi connectivity index (χ3n) is 2.52. The zero-order valence-electron chi connectivity index (χ0n) is 11.5. The Balaban J connectivity index is 2.09. The van der Waals surface area contributed by atoms with E-state index >= 15 is 0 Å². The second-order valence-corrected chi connectivity index (χ2v) is 3.82. The molecule has 0 saturated carbocycles. The number of nitrogens with two attached hydrogens (primary N) is 1. The van der Waals surface area contributed by atoms with Crippen molar-refractivity contribution in [3.05, 3.63) is 29.6 Å². The number of amides is 1. The number of H-pyrrole nitrogens is 1. The molecule has 0 saturated heterocycles. The van der Waals surface area contributed by atoms with Crippen molar-refractivity contribution < 1.29 is 14.3 Å². The minimum atomic E-state index is -0.558. The number of hydrazone groups is 1. The molecule has 0 aliphatic rings. The lowest BCUT2D eigenvalue weighted by Gasteiger charge is -2.09. The third kappa shape index (κ3) is 3.26. The standard InChI is InChI=1S/C12H14N6O3/c1-20-8-5-3-4-7(9(8)21-2)6-14-17-11(19)10-15-12(13)18-16-10/h3-6H,1-2H3,(H,17,19)(H3,13,15,16,18). The number of rotatable bonds is 5. The van der Waals surface area contributed by atoms with E-state index < -0.39 is 5.91 Å². The lowest BCUT2D eigenvalue weighted by Crippen LogP contribution is -2.19. The minimum Gasteiger partial charge on any atom is -0.493 e. The number of benzene rings is 1. The van der Waals surface area contributed by atoms with E-state index in [2.05, 4.69) is 25.7 Å². The summed E-state index contributed by atoms with van der Waals surface area (Å²) in [5, 5.41) is 9.75. The van der Waals surface area contributed by atoms with Gasteiger partial charge in [-0.05, 0) is 12.1 Å². The first-order chi connectivity index (χ1) is 10.2. The average molecular weight is 290 g/mol. The van der Waals surface area contributed by atoms with Crippen LogP contribution in [0.15, 0.2) is 23.3 Å². The van der Waals surface area contributed by atoms with Crippen LogP contribution in [0, 0.1) is 0 Å². The topological polar surface area (TPSA) is 128 Å². The number of hydrogen-bond acceptors (Lipinski definition) is 7. The molecular formula is C12H14N6O3. The number of nitrogen functional groups attached to an aromatic ring is 1. The molecule has 2 aromatic rings. The van der Waals surface area contributed by atoms with E-state index in [0.29, 0.717) is 17.1 Å². The number of carbonyl (C=O) groups excluding carboxylic acids is 1. The molecule has 0 aliphatic heterocycles. The maximum Gasteiger partial charge on any atom is 0.308 e. The van der Waals surface area contributed by atoms with Gasteiger partial charge in [0, 0.05) is 5.56 Å². The van der Waals surface area contributed by atoms with E-state index in [1.165, 1.54) is 20.4 Å². The maximum absolute atomic E-state index is 11.7. The fourth-order valence-electron chi connectivity index (χ4n) is 1.60. The maximum atomic E-state index is 11.7. The van der Waals surface area contributed by atoms with E-state index in [4.69, 9.17) is 15.2 Å². The van der Waals surface area contributed by atoms with Crippen LogP contribution in [-0.2, 0) is 0 Å². The summed E-state index contributed by atoms with van der Waals surface area (Å²) in [5.41, 5.74) is 8.25. The van der Waals surface area contributed by atoms with Gasteiger partial charge in [0.1, 0.15) is 0 Å². The van der Waals surface area contributed by atoms with Crippen LogP contribution in [0.2, 0.25) is 0 Å². The van der Waals surface area contributed by atoms with Gasteiger partial charge in [-0.2, -0.15) is 10.1 Å². The smallest absolute Gasteiger partial charge is 0.308 e. The number of nitrogens with zero attached hydrogens (tertiary/aromatic N) is 3. The van der Waals surface area contributed by atoms with Crippen LogP contribution in [0.4, 0.5) is 5.95 Å². The Morgan fingerprint density at radius 3 is 2.86 bits per heavy atom. The summed E-state index contributed by atoms with van der Waals surface area (Å²) in [7, 11) is 3.06. The Morgan fingerprint density at radius 2 is 2.24 bits per heavy atom. The number of ether oxygens (including phenoxy) is 2. The fourth-order valence-corrected chi connectivity index (χ4v) is 1.60. The van der Waals surface area contributed by atoms with Crippen LogP contribution in [0.3, 0.4) is 0 Å². The summed E-state index contributed by atoms with van der Waals surface area (Å²) >= 11 is 0. The first-order valence-electron chi connectivity index (χ1n) is 5.88. The van der Waals surface area contributed by atoms with Crippen LogP contribution < -0.4 is 20.6 Å². The second-order valence-electron chi connectivity index (χ2n) is 3.82. The molecule has 1 heterocycles. The highest BCUT2D eigenvalue weighted by molar-refractivity contribution is 5.92. The Hall–Kier alpha value is -3.10. The Bertz CT molecular complexity index is 667. The number of carbonyl (C=O) groups is 1. The van der Waals surface area contributed by atoms with Gasteiger partial charge in [-0.1, -0.05) is 6.07 Å². The highest BCUT2D eigenvalue weighted by Crippen LogP contribution is 2.29. The van der Waals surface area contributed by atoms with Crippen LogP contribution in [0.1, 0.15) is 16.2 Å². The molecule has 1 aromatic carbocycles. The normalized spacial score (nSPS) is 10.6. The number of hydrogen-bond donors (Lipinski definition) is 3. The monoisotopic (exact) mass is 290 g/mol. The summed E-state index contributed by atoms with van der Waals surface area (Å²) in [6.07, 6.45) is 1.43. The van der Waals surface area contributed by atoms with E-state index in [0.717, 1.165) is 0 Å². The molecule has 0 atom stereocenters. The summed E-state index contributed by atoms with van der Waals surface area (Å²) in [6.45, 7) is 0. The number of aromatic amines is 1. The van der Waals surface area contributed by atoms with Crippen molar-refractivity contribution in [1.82, 2.24) is 20.6 Å². The molecule has 9 heteroatoms. The van der Waals surface area contributed by atoms with Crippen LogP contribution in [0.25, 0.3) is 0 Å². The molecule has 1 aromatic heterocycles. The number of aromatic nitrogens is 3. The van der Waals surface area contributed by atoms with Gasteiger partial charge in [-0.25, -0.2) is 5.43 Å². The van der Waals surface area contributed by atoms with Gasteiger partial charge in [-0.15, -0.1) is 5.10 Å². The number of anilines is 1. The molecule has 0 unspecified atom stereocenters. The zero-order chi connectivity index (χ0) is 15.2. The largest absolute Gasteiger partial charge is 0.493 e. The van der Waals surface area contributed by atoms with Gasteiger partial charge in [0.15, 0.2) is 11.5 Å².